The molecule has 2 heterocycles. The van der Waals surface area contributed by atoms with E-state index >= 15 is 0 Å². The molecular weight excluding hydrogens is 386 g/mol. The van der Waals surface area contributed by atoms with Crippen LogP contribution in [0.2, 0.25) is 0 Å². The van der Waals surface area contributed by atoms with Gasteiger partial charge in [-0.1, -0.05) is 17.3 Å². The molecule has 0 aliphatic carbocycles. The first-order valence-corrected chi connectivity index (χ1v) is 8.64. The summed E-state index contributed by atoms with van der Waals surface area (Å²) < 4.78 is 41.1. The minimum Gasteiger partial charge on any atom is -0.454 e. The molecule has 0 saturated carbocycles. The second kappa shape index (κ2) is 8.26. The average molecular weight is 404 g/mol. The van der Waals surface area contributed by atoms with Gasteiger partial charge >= 0.3 is 12.6 Å². The van der Waals surface area contributed by atoms with E-state index < -0.39 is 25.0 Å². The fourth-order valence-electron chi connectivity index (χ4n) is 2.98. The average Bonchev–Trinajstić information content (AvgIpc) is 3.21. The number of rotatable bonds is 7. The summed E-state index contributed by atoms with van der Waals surface area (Å²) in [4.78, 5) is 24.8. The second-order valence-corrected chi connectivity index (χ2v) is 6.29. The molecule has 0 fully saturated rings. The van der Waals surface area contributed by atoms with Gasteiger partial charge in [-0.05, 0) is 39.0 Å². The molecular formula is C20H18F2N2O5. The number of alkyl halides is 2. The lowest BCUT2D eigenvalue weighted by atomic mass is 10.1. The zero-order chi connectivity index (χ0) is 21.1. The lowest BCUT2D eigenvalue weighted by Crippen LogP contribution is -2.16. The first kappa shape index (κ1) is 20.2. The predicted molar refractivity (Wildman–Crippen MR) is 97.7 cm³/mol. The lowest BCUT2D eigenvalue weighted by molar-refractivity contribution is -0.0504. The highest BCUT2D eigenvalue weighted by Crippen LogP contribution is 2.23. The highest BCUT2D eigenvalue weighted by Gasteiger charge is 2.21. The number of hydrogen-bond acceptors (Lipinski definition) is 6. The van der Waals surface area contributed by atoms with Crippen LogP contribution in [-0.2, 0) is 4.74 Å². The molecule has 1 aromatic carbocycles. The monoisotopic (exact) mass is 404 g/mol. The van der Waals surface area contributed by atoms with Crippen LogP contribution in [0.15, 0.2) is 40.9 Å². The summed E-state index contributed by atoms with van der Waals surface area (Å²) in [5.74, 6) is -0.536. The summed E-state index contributed by atoms with van der Waals surface area (Å²) in [7, 11) is 0. The Kier molecular flexibility index (Phi) is 5.76. The van der Waals surface area contributed by atoms with Crippen molar-refractivity contribution in [3.05, 3.63) is 64.7 Å². The first-order valence-electron chi connectivity index (χ1n) is 8.64. The molecule has 0 amide bonds. The van der Waals surface area contributed by atoms with Crippen LogP contribution in [0.5, 0.6) is 5.75 Å². The summed E-state index contributed by atoms with van der Waals surface area (Å²) in [5.41, 5.74) is 1.52. The molecule has 0 N–H and O–H groups in total. The van der Waals surface area contributed by atoms with Crippen molar-refractivity contribution in [2.75, 3.05) is 6.61 Å². The van der Waals surface area contributed by atoms with E-state index in [1.165, 1.54) is 24.3 Å². The number of esters is 1. The molecule has 152 valence electrons. The van der Waals surface area contributed by atoms with Gasteiger partial charge in [0.05, 0.1) is 0 Å². The number of carbonyl (C=O) groups is 2. The van der Waals surface area contributed by atoms with E-state index in [0.29, 0.717) is 22.8 Å². The van der Waals surface area contributed by atoms with Crippen LogP contribution in [0, 0.1) is 20.8 Å². The maximum Gasteiger partial charge on any atom is 0.387 e. The third-order valence-corrected chi connectivity index (χ3v) is 4.23. The third kappa shape index (κ3) is 4.34. The molecule has 0 unspecified atom stereocenters. The molecule has 0 aliphatic heterocycles. The number of ether oxygens (including phenoxy) is 2. The smallest absolute Gasteiger partial charge is 0.387 e. The van der Waals surface area contributed by atoms with E-state index in [0.717, 1.165) is 5.69 Å². The largest absolute Gasteiger partial charge is 0.454 e. The van der Waals surface area contributed by atoms with Crippen molar-refractivity contribution in [1.82, 2.24) is 9.72 Å². The quantitative estimate of drug-likeness (QED) is 0.437. The van der Waals surface area contributed by atoms with E-state index in [2.05, 4.69) is 9.89 Å². The minimum atomic E-state index is -3.09. The molecule has 0 atom stereocenters. The first-order chi connectivity index (χ1) is 13.8. The van der Waals surface area contributed by atoms with Crippen LogP contribution in [0.3, 0.4) is 0 Å². The summed E-state index contributed by atoms with van der Waals surface area (Å²) in [5, 5.41) is 3.94. The van der Waals surface area contributed by atoms with Gasteiger partial charge < -0.3 is 14.0 Å². The van der Waals surface area contributed by atoms with Gasteiger partial charge in [-0.25, -0.2) is 4.79 Å². The Balaban J connectivity index is 1.75. The van der Waals surface area contributed by atoms with Gasteiger partial charge in [0.1, 0.15) is 17.1 Å². The minimum absolute atomic E-state index is 0.191. The molecule has 2 aromatic heterocycles. The highest BCUT2D eigenvalue weighted by molar-refractivity contribution is 6.01. The van der Waals surface area contributed by atoms with E-state index in [1.54, 1.807) is 37.5 Å². The standard InChI is InChI=1S/C20H18F2N2O5/c1-11-8-15(13(3)24(11)18-9-12(2)29-23-18)16(25)10-27-19(26)14-6-4-5-7-17(14)28-20(21)22/h4-9,20H,10H2,1-3H3. The number of nitrogens with zero attached hydrogens (tertiary/aromatic N) is 2. The summed E-state index contributed by atoms with van der Waals surface area (Å²) >= 11 is 0. The van der Waals surface area contributed by atoms with E-state index in [9.17, 15) is 18.4 Å². The topological polar surface area (TPSA) is 83.6 Å². The Bertz CT molecular complexity index is 1060. The zero-order valence-electron chi connectivity index (χ0n) is 15.9. The number of halogens is 2. The maximum absolute atomic E-state index is 12.6. The fraction of sp³-hybridized carbons (Fsp3) is 0.250. The molecule has 3 rings (SSSR count). The van der Waals surface area contributed by atoms with E-state index in [1.807, 2.05) is 0 Å². The number of para-hydroxylation sites is 1. The Labute approximate surface area is 164 Å². The molecule has 0 radical (unpaired) electrons. The van der Waals surface area contributed by atoms with Crippen LogP contribution in [-0.4, -0.2) is 34.7 Å². The molecule has 0 spiro atoms. The summed E-state index contributed by atoms with van der Waals surface area (Å²) in [6, 6.07) is 8.81. The lowest BCUT2D eigenvalue weighted by Gasteiger charge is -2.10. The van der Waals surface area contributed by atoms with Crippen LogP contribution in [0.25, 0.3) is 5.82 Å². The molecule has 0 bridgehead atoms. The molecule has 0 saturated heterocycles. The number of ketones is 1. The molecule has 7 nitrogen and oxygen atoms in total. The normalized spacial score (nSPS) is 11.0. The number of carbonyl (C=O) groups excluding carboxylic acids is 2. The van der Waals surface area contributed by atoms with Gasteiger partial charge in [0.25, 0.3) is 0 Å². The number of aryl methyl sites for hydroxylation is 2. The predicted octanol–water partition coefficient (Wildman–Crippen LogP) is 4.03. The molecule has 29 heavy (non-hydrogen) atoms. The van der Waals surface area contributed by atoms with Gasteiger partial charge in [0.2, 0.25) is 5.78 Å². The SMILES string of the molecule is Cc1cc(-n2c(C)cc(C(=O)COC(=O)c3ccccc3OC(F)F)c2C)no1. The van der Waals surface area contributed by atoms with Crippen molar-refractivity contribution in [2.45, 2.75) is 27.4 Å². The summed E-state index contributed by atoms with van der Waals surface area (Å²) in [6.07, 6.45) is 0. The van der Waals surface area contributed by atoms with Crippen LogP contribution in [0.4, 0.5) is 8.78 Å². The van der Waals surface area contributed by atoms with Crippen molar-refractivity contribution >= 4 is 11.8 Å². The van der Waals surface area contributed by atoms with Gasteiger partial charge in [-0.15, -0.1) is 0 Å². The highest BCUT2D eigenvalue weighted by atomic mass is 19.3. The fourth-order valence-corrected chi connectivity index (χ4v) is 2.98. The van der Waals surface area contributed by atoms with E-state index in [-0.39, 0.29) is 11.3 Å². The van der Waals surface area contributed by atoms with Crippen molar-refractivity contribution in [3.8, 4) is 11.6 Å². The maximum atomic E-state index is 12.6. The zero-order valence-corrected chi connectivity index (χ0v) is 15.9. The molecule has 0 aliphatic rings. The number of benzene rings is 1. The van der Waals surface area contributed by atoms with Crippen LogP contribution >= 0.6 is 0 Å². The molecule has 9 heteroatoms. The number of aromatic nitrogens is 2. The van der Waals surface area contributed by atoms with Crippen molar-refractivity contribution in [2.24, 2.45) is 0 Å². The summed E-state index contributed by atoms with van der Waals surface area (Å²) in [6.45, 7) is 1.65. The Morgan fingerprint density at radius 1 is 1.14 bits per heavy atom. The van der Waals surface area contributed by atoms with Crippen molar-refractivity contribution in [1.29, 1.82) is 0 Å². The Morgan fingerprint density at radius 2 is 1.86 bits per heavy atom. The molecule has 3 aromatic rings. The van der Waals surface area contributed by atoms with Gasteiger partial charge in [0.15, 0.2) is 12.4 Å². The van der Waals surface area contributed by atoms with Gasteiger partial charge in [-0.3, -0.25) is 9.36 Å². The third-order valence-electron chi connectivity index (χ3n) is 4.23. The van der Waals surface area contributed by atoms with Crippen molar-refractivity contribution < 1.29 is 32.4 Å². The second-order valence-electron chi connectivity index (χ2n) is 6.29. The number of Topliss-reactive ketones (excluding diaryl/α,β-unsaturated/α-hetero) is 1. The van der Waals surface area contributed by atoms with Gasteiger partial charge in [0, 0.05) is 23.0 Å². The van der Waals surface area contributed by atoms with Gasteiger partial charge in [-0.2, -0.15) is 8.78 Å². The van der Waals surface area contributed by atoms with Crippen molar-refractivity contribution in [3.63, 3.8) is 0 Å². The Hall–Kier alpha value is -3.49. The van der Waals surface area contributed by atoms with Crippen LogP contribution < -0.4 is 4.74 Å². The Morgan fingerprint density at radius 3 is 2.52 bits per heavy atom. The van der Waals surface area contributed by atoms with Crippen LogP contribution in [0.1, 0.15) is 37.9 Å². The number of hydrogen-bond donors (Lipinski definition) is 0. The van der Waals surface area contributed by atoms with E-state index in [4.69, 9.17) is 9.26 Å².